The number of pyridine rings is 1. The van der Waals surface area contributed by atoms with Gasteiger partial charge >= 0.3 is 12.2 Å². The van der Waals surface area contributed by atoms with E-state index in [1.807, 2.05) is 24.1 Å². The van der Waals surface area contributed by atoms with Crippen molar-refractivity contribution in [2.24, 2.45) is 0 Å². The highest BCUT2D eigenvalue weighted by Gasteiger charge is 2.44. The second-order valence-corrected chi connectivity index (χ2v) is 11.9. The van der Waals surface area contributed by atoms with Crippen LogP contribution >= 0.6 is 22.7 Å². The lowest BCUT2D eigenvalue weighted by Crippen LogP contribution is -2.49. The lowest BCUT2D eigenvalue weighted by atomic mass is 9.98. The van der Waals surface area contributed by atoms with Crippen molar-refractivity contribution in [1.29, 1.82) is 0 Å². The van der Waals surface area contributed by atoms with E-state index in [1.54, 1.807) is 29.7 Å². The van der Waals surface area contributed by atoms with Crippen LogP contribution in [0.25, 0.3) is 10.6 Å². The minimum absolute atomic E-state index is 0.0314. The summed E-state index contributed by atoms with van der Waals surface area (Å²) in [5.74, 6) is 0.490. The Hall–Kier alpha value is -3.65. The first-order valence-electron chi connectivity index (χ1n) is 12.7. The van der Waals surface area contributed by atoms with Gasteiger partial charge in [-0.05, 0) is 38.8 Å². The number of thiazole rings is 2. The number of piperidine rings is 1. The maximum atomic E-state index is 13.4. The zero-order valence-electron chi connectivity index (χ0n) is 21.5. The Bertz CT molecular complexity index is 1510. The molecule has 208 valence electrons. The van der Waals surface area contributed by atoms with Crippen LogP contribution in [0.2, 0.25) is 0 Å². The average Bonchev–Trinajstić information content (AvgIpc) is 3.59. The minimum Gasteiger partial charge on any atom is -0.460 e. The number of halogens is 3. The van der Waals surface area contributed by atoms with Gasteiger partial charge in [-0.1, -0.05) is 0 Å². The molecule has 2 aliphatic rings. The van der Waals surface area contributed by atoms with E-state index in [-0.39, 0.29) is 30.1 Å². The van der Waals surface area contributed by atoms with Crippen molar-refractivity contribution in [2.45, 2.75) is 63.9 Å². The van der Waals surface area contributed by atoms with E-state index in [2.05, 4.69) is 30.2 Å². The van der Waals surface area contributed by atoms with E-state index in [1.165, 1.54) is 11.3 Å². The second-order valence-electron chi connectivity index (χ2n) is 9.80. The van der Waals surface area contributed by atoms with Crippen molar-refractivity contribution in [3.8, 4) is 16.6 Å². The van der Waals surface area contributed by atoms with Crippen molar-refractivity contribution in [1.82, 2.24) is 29.8 Å². The van der Waals surface area contributed by atoms with E-state index in [0.717, 1.165) is 46.5 Å². The maximum absolute atomic E-state index is 13.4. The number of carbonyl (C=O) groups is 1. The molecule has 2 bridgehead atoms. The third-order valence-corrected chi connectivity index (χ3v) is 8.89. The highest BCUT2D eigenvalue weighted by molar-refractivity contribution is 7.16. The number of rotatable bonds is 6. The summed E-state index contributed by atoms with van der Waals surface area (Å²) in [6.07, 6.45) is 1.02. The number of carbonyl (C=O) groups excluding carboxylic acids is 1. The Balaban J connectivity index is 1.07. The maximum Gasteiger partial charge on any atom is 0.419 e. The molecule has 4 aromatic rings. The number of alkyl halides is 3. The predicted molar refractivity (Wildman–Crippen MR) is 144 cm³/mol. The molecule has 0 aromatic carbocycles. The normalized spacial score (nSPS) is 20.5. The molecule has 1 unspecified atom stereocenters. The van der Waals surface area contributed by atoms with Crippen molar-refractivity contribution in [3.05, 3.63) is 57.9 Å². The van der Waals surface area contributed by atoms with Crippen LogP contribution in [0.15, 0.2) is 36.1 Å². The summed E-state index contributed by atoms with van der Waals surface area (Å²) in [5, 5.41) is 6.87. The second kappa shape index (κ2) is 10.4. The van der Waals surface area contributed by atoms with Gasteiger partial charge in [-0.15, -0.1) is 22.7 Å². The van der Waals surface area contributed by atoms with Gasteiger partial charge in [0.25, 0.3) is 5.91 Å². The SMILES string of the molecule is Cc1nc(C)c(-c2csc(Nc3ccc(C(=O)N4[C@@H]5CC[C@H]4CC(Oc4ncc(C(F)(F)F)cn4)C5)cn3)n2)s1. The van der Waals surface area contributed by atoms with Crippen LogP contribution in [0.1, 0.15) is 52.3 Å². The topological polar surface area (TPSA) is 106 Å². The van der Waals surface area contributed by atoms with E-state index in [0.29, 0.717) is 29.4 Å². The number of hydrogen-bond acceptors (Lipinski definition) is 10. The molecule has 40 heavy (non-hydrogen) atoms. The minimum atomic E-state index is -4.50. The average molecular weight is 588 g/mol. The van der Waals surface area contributed by atoms with Crippen molar-refractivity contribution >= 4 is 39.5 Å². The Kier molecular flexibility index (Phi) is 6.90. The Labute approximate surface area is 235 Å². The molecular formula is C26H24F3N7O2S2. The van der Waals surface area contributed by atoms with Gasteiger partial charge in [0.2, 0.25) is 0 Å². The van der Waals surface area contributed by atoms with Crippen LogP contribution in [-0.4, -0.2) is 53.9 Å². The molecule has 0 spiro atoms. The molecule has 6 rings (SSSR count). The van der Waals surface area contributed by atoms with Gasteiger partial charge in [-0.2, -0.15) is 13.2 Å². The van der Waals surface area contributed by atoms with E-state index in [9.17, 15) is 18.0 Å². The first-order chi connectivity index (χ1) is 19.1. The van der Waals surface area contributed by atoms with Gasteiger partial charge in [0, 0.05) is 48.9 Å². The number of fused-ring (bicyclic) bond motifs is 2. The van der Waals surface area contributed by atoms with Gasteiger partial charge < -0.3 is 15.0 Å². The molecule has 14 heteroatoms. The third kappa shape index (κ3) is 5.37. The molecular weight excluding hydrogens is 563 g/mol. The molecule has 2 fully saturated rings. The van der Waals surface area contributed by atoms with Crippen LogP contribution in [0.3, 0.4) is 0 Å². The number of ether oxygens (including phenoxy) is 1. The van der Waals surface area contributed by atoms with Gasteiger partial charge in [0.1, 0.15) is 11.9 Å². The van der Waals surface area contributed by atoms with Crippen LogP contribution in [0.4, 0.5) is 24.1 Å². The number of aromatic nitrogens is 5. The Morgan fingerprint density at radius 3 is 2.38 bits per heavy atom. The molecule has 0 radical (unpaired) electrons. The van der Waals surface area contributed by atoms with Gasteiger partial charge in [-0.3, -0.25) is 4.79 Å². The summed E-state index contributed by atoms with van der Waals surface area (Å²) in [5.41, 5.74) is 1.39. The van der Waals surface area contributed by atoms with Gasteiger partial charge in [-0.25, -0.2) is 24.9 Å². The Morgan fingerprint density at radius 2 is 1.77 bits per heavy atom. The standard InChI is InChI=1S/C26H24F3N7O2S2/c1-13-22(40-14(2)33-13)20-12-39-25(34-20)35-21-6-3-15(9-30-21)23(37)36-17-4-5-18(36)8-19(7-17)38-24-31-10-16(11-32-24)26(27,28)29/h3,6,9-12,17-19H,4-5,7-8H2,1-2H3,(H,30,34,35)/t17-,18+,19?. The first-order valence-corrected chi connectivity index (χ1v) is 14.3. The van der Waals surface area contributed by atoms with Crippen molar-refractivity contribution in [3.63, 3.8) is 0 Å². The predicted octanol–water partition coefficient (Wildman–Crippen LogP) is 6.05. The van der Waals surface area contributed by atoms with Gasteiger partial charge in [0.15, 0.2) is 5.13 Å². The van der Waals surface area contributed by atoms with Crippen LogP contribution < -0.4 is 10.1 Å². The summed E-state index contributed by atoms with van der Waals surface area (Å²) in [6, 6.07) is 3.36. The molecule has 1 amide bonds. The molecule has 2 saturated heterocycles. The van der Waals surface area contributed by atoms with Crippen LogP contribution in [0.5, 0.6) is 6.01 Å². The van der Waals surface area contributed by atoms with E-state index in [4.69, 9.17) is 4.74 Å². The number of aryl methyl sites for hydroxylation is 2. The molecule has 0 saturated carbocycles. The summed E-state index contributed by atoms with van der Waals surface area (Å²) in [7, 11) is 0. The number of anilines is 2. The lowest BCUT2D eigenvalue weighted by Gasteiger charge is -2.38. The first kappa shape index (κ1) is 26.6. The van der Waals surface area contributed by atoms with Crippen molar-refractivity contribution in [2.75, 3.05) is 5.32 Å². The fourth-order valence-electron chi connectivity index (χ4n) is 5.28. The monoisotopic (exact) mass is 587 g/mol. The fourth-order valence-corrected chi connectivity index (χ4v) is 6.95. The van der Waals surface area contributed by atoms with E-state index >= 15 is 0 Å². The molecule has 2 aliphatic heterocycles. The molecule has 4 aromatic heterocycles. The lowest BCUT2D eigenvalue weighted by molar-refractivity contribution is -0.138. The zero-order valence-corrected chi connectivity index (χ0v) is 23.1. The smallest absolute Gasteiger partial charge is 0.419 e. The zero-order chi connectivity index (χ0) is 28.0. The van der Waals surface area contributed by atoms with Gasteiger partial charge in [0.05, 0.1) is 32.4 Å². The number of nitrogens with one attached hydrogen (secondary N) is 1. The summed E-state index contributed by atoms with van der Waals surface area (Å²) in [6.45, 7) is 3.94. The molecule has 1 N–H and O–H groups in total. The van der Waals surface area contributed by atoms with E-state index < -0.39 is 11.7 Å². The summed E-state index contributed by atoms with van der Waals surface area (Å²) >= 11 is 3.08. The van der Waals surface area contributed by atoms with Crippen molar-refractivity contribution < 1.29 is 22.7 Å². The molecule has 3 atom stereocenters. The quantitative estimate of drug-likeness (QED) is 0.291. The van der Waals surface area contributed by atoms with Crippen LogP contribution in [0, 0.1) is 13.8 Å². The Morgan fingerprint density at radius 1 is 1.05 bits per heavy atom. The highest BCUT2D eigenvalue weighted by Crippen LogP contribution is 2.38. The molecule has 6 heterocycles. The summed E-state index contributed by atoms with van der Waals surface area (Å²) in [4.78, 5) is 37.3. The largest absolute Gasteiger partial charge is 0.460 e. The fraction of sp³-hybridized carbons (Fsp3) is 0.385. The highest BCUT2D eigenvalue weighted by atomic mass is 32.1. The molecule has 0 aliphatic carbocycles. The summed E-state index contributed by atoms with van der Waals surface area (Å²) < 4.78 is 44.1. The number of amides is 1. The number of nitrogens with zero attached hydrogens (tertiary/aromatic N) is 6. The molecule has 9 nitrogen and oxygen atoms in total. The third-order valence-electron chi connectivity index (χ3n) is 7.04. The number of hydrogen-bond donors (Lipinski definition) is 1. The van der Waals surface area contributed by atoms with Crippen LogP contribution in [-0.2, 0) is 6.18 Å².